The Morgan fingerprint density at radius 2 is 1.88 bits per heavy atom. The van der Waals surface area contributed by atoms with Crippen LogP contribution in [0.15, 0.2) is 42.5 Å². The molecule has 4 nitrogen and oxygen atoms in total. The Kier molecular flexibility index (Phi) is 6.22. The molecule has 0 saturated heterocycles. The van der Waals surface area contributed by atoms with Gasteiger partial charge in [0.25, 0.3) is 0 Å². The van der Waals surface area contributed by atoms with Crippen LogP contribution in [0.4, 0.5) is 5.69 Å². The average molecular weight is 362 g/mol. The van der Waals surface area contributed by atoms with Gasteiger partial charge in [0, 0.05) is 12.2 Å². The van der Waals surface area contributed by atoms with Crippen molar-refractivity contribution in [2.75, 3.05) is 12.4 Å². The van der Waals surface area contributed by atoms with Gasteiger partial charge in [0.15, 0.2) is 0 Å². The summed E-state index contributed by atoms with van der Waals surface area (Å²) in [5.41, 5.74) is 2.19. The van der Waals surface area contributed by atoms with Crippen molar-refractivity contribution >= 4 is 34.8 Å². The molecule has 2 aromatic carbocycles. The predicted molar refractivity (Wildman–Crippen MR) is 97.2 cm³/mol. The fourth-order valence-corrected chi connectivity index (χ4v) is 2.46. The van der Waals surface area contributed by atoms with Crippen molar-refractivity contribution in [3.05, 3.63) is 63.6 Å². The molecule has 0 fully saturated rings. The summed E-state index contributed by atoms with van der Waals surface area (Å²) in [5, 5.41) is 12.6. The summed E-state index contributed by atoms with van der Waals surface area (Å²) in [6.45, 7) is 2.40. The number of rotatable bonds is 5. The van der Waals surface area contributed by atoms with Crippen molar-refractivity contribution in [2.24, 2.45) is 0 Å². The standard InChI is InChI=1S/C18H17Cl2N3O/c1-12(18(24)22-15-6-3-13(10-21)4-7-15)23(2)11-14-5-8-16(19)17(20)9-14/h3-9,12H,11H2,1-2H3,(H,22,24)/t12-/m0/s1. The van der Waals surface area contributed by atoms with Gasteiger partial charge in [-0.05, 0) is 55.9 Å². The SMILES string of the molecule is C[C@@H](C(=O)Nc1ccc(C#N)cc1)N(C)Cc1ccc(Cl)c(Cl)c1. The third-order valence-corrected chi connectivity index (χ3v) is 4.48. The van der Waals surface area contributed by atoms with Crippen molar-refractivity contribution in [1.29, 1.82) is 5.26 Å². The van der Waals surface area contributed by atoms with Crippen molar-refractivity contribution in [2.45, 2.75) is 19.5 Å². The number of anilines is 1. The smallest absolute Gasteiger partial charge is 0.241 e. The Labute approximate surface area is 151 Å². The molecule has 24 heavy (non-hydrogen) atoms. The van der Waals surface area contributed by atoms with Crippen LogP contribution < -0.4 is 5.32 Å². The highest BCUT2D eigenvalue weighted by molar-refractivity contribution is 6.42. The number of benzene rings is 2. The van der Waals surface area contributed by atoms with E-state index >= 15 is 0 Å². The summed E-state index contributed by atoms with van der Waals surface area (Å²) in [6.07, 6.45) is 0. The molecule has 0 aliphatic heterocycles. The zero-order valence-corrected chi connectivity index (χ0v) is 14.9. The summed E-state index contributed by atoms with van der Waals surface area (Å²) in [7, 11) is 1.87. The molecule has 0 saturated carbocycles. The molecule has 1 amide bonds. The molecule has 1 atom stereocenters. The number of likely N-dealkylation sites (N-methyl/N-ethyl adjacent to an activating group) is 1. The zero-order valence-electron chi connectivity index (χ0n) is 13.4. The van der Waals surface area contributed by atoms with E-state index in [0.717, 1.165) is 5.56 Å². The van der Waals surface area contributed by atoms with Crippen LogP contribution in [0.5, 0.6) is 0 Å². The number of nitrogens with zero attached hydrogens (tertiary/aromatic N) is 2. The van der Waals surface area contributed by atoms with Gasteiger partial charge in [-0.3, -0.25) is 9.69 Å². The van der Waals surface area contributed by atoms with Crippen LogP contribution in [0, 0.1) is 11.3 Å². The lowest BCUT2D eigenvalue weighted by atomic mass is 10.1. The van der Waals surface area contributed by atoms with Gasteiger partial charge in [-0.2, -0.15) is 5.26 Å². The Morgan fingerprint density at radius 1 is 1.21 bits per heavy atom. The van der Waals surface area contributed by atoms with E-state index < -0.39 is 0 Å². The molecule has 0 aromatic heterocycles. The van der Waals surface area contributed by atoms with Gasteiger partial charge in [-0.1, -0.05) is 29.3 Å². The van der Waals surface area contributed by atoms with E-state index in [1.807, 2.05) is 31.0 Å². The van der Waals surface area contributed by atoms with Gasteiger partial charge in [0.05, 0.1) is 27.7 Å². The van der Waals surface area contributed by atoms with Gasteiger partial charge in [0.1, 0.15) is 0 Å². The van der Waals surface area contributed by atoms with Crippen LogP contribution in [0.1, 0.15) is 18.1 Å². The van der Waals surface area contributed by atoms with E-state index in [-0.39, 0.29) is 11.9 Å². The minimum atomic E-state index is -0.338. The van der Waals surface area contributed by atoms with Crippen LogP contribution in [0.3, 0.4) is 0 Å². The maximum absolute atomic E-state index is 12.4. The topological polar surface area (TPSA) is 56.1 Å². The molecule has 0 radical (unpaired) electrons. The summed E-state index contributed by atoms with van der Waals surface area (Å²) in [5.74, 6) is -0.123. The van der Waals surface area contributed by atoms with Gasteiger partial charge >= 0.3 is 0 Å². The molecule has 0 aliphatic carbocycles. The molecule has 0 aliphatic rings. The quantitative estimate of drug-likeness (QED) is 0.862. The summed E-state index contributed by atoms with van der Waals surface area (Å²) < 4.78 is 0. The van der Waals surface area contributed by atoms with E-state index in [4.69, 9.17) is 28.5 Å². The van der Waals surface area contributed by atoms with E-state index in [9.17, 15) is 4.79 Å². The largest absolute Gasteiger partial charge is 0.325 e. The highest BCUT2D eigenvalue weighted by atomic mass is 35.5. The summed E-state index contributed by atoms with van der Waals surface area (Å²) >= 11 is 11.9. The number of nitriles is 1. The Hall–Kier alpha value is -2.06. The van der Waals surface area contributed by atoms with Gasteiger partial charge in [0.2, 0.25) is 5.91 Å². The van der Waals surface area contributed by atoms with Crippen LogP contribution >= 0.6 is 23.2 Å². The Balaban J connectivity index is 1.98. The molecule has 1 N–H and O–H groups in total. The molecule has 0 unspecified atom stereocenters. The fraction of sp³-hybridized carbons (Fsp3) is 0.222. The fourth-order valence-electron chi connectivity index (χ4n) is 2.14. The number of amides is 1. The molecular weight excluding hydrogens is 345 g/mol. The molecular formula is C18H17Cl2N3O. The minimum absolute atomic E-state index is 0.123. The molecule has 124 valence electrons. The van der Waals surface area contributed by atoms with Crippen molar-refractivity contribution in [3.63, 3.8) is 0 Å². The lowest BCUT2D eigenvalue weighted by Crippen LogP contribution is -2.39. The van der Waals surface area contributed by atoms with Crippen molar-refractivity contribution in [3.8, 4) is 6.07 Å². The molecule has 0 heterocycles. The number of carbonyl (C=O) groups is 1. The number of hydrogen-bond acceptors (Lipinski definition) is 3. The number of halogens is 2. The lowest BCUT2D eigenvalue weighted by Gasteiger charge is -2.24. The Morgan fingerprint density at radius 3 is 2.46 bits per heavy atom. The van der Waals surface area contributed by atoms with E-state index in [1.165, 1.54) is 0 Å². The predicted octanol–water partition coefficient (Wildman–Crippen LogP) is 4.32. The maximum atomic E-state index is 12.4. The molecule has 2 rings (SSSR count). The second-order valence-corrected chi connectivity index (χ2v) is 6.33. The minimum Gasteiger partial charge on any atom is -0.325 e. The average Bonchev–Trinajstić information content (AvgIpc) is 2.58. The second kappa shape index (κ2) is 8.16. The normalized spacial score (nSPS) is 11.8. The second-order valence-electron chi connectivity index (χ2n) is 5.52. The Bertz CT molecular complexity index is 769. The number of carbonyl (C=O) groups excluding carboxylic acids is 1. The number of hydrogen-bond donors (Lipinski definition) is 1. The van der Waals surface area contributed by atoms with Gasteiger partial charge < -0.3 is 5.32 Å². The maximum Gasteiger partial charge on any atom is 0.241 e. The monoisotopic (exact) mass is 361 g/mol. The molecule has 0 bridgehead atoms. The van der Waals surface area contributed by atoms with Crippen LogP contribution in [0.2, 0.25) is 10.0 Å². The third kappa shape index (κ3) is 4.72. The lowest BCUT2D eigenvalue weighted by molar-refractivity contribution is -0.120. The van der Waals surface area contributed by atoms with Crippen LogP contribution in [-0.2, 0) is 11.3 Å². The highest BCUT2D eigenvalue weighted by Crippen LogP contribution is 2.23. The third-order valence-electron chi connectivity index (χ3n) is 3.74. The first-order chi connectivity index (χ1) is 11.4. The first-order valence-electron chi connectivity index (χ1n) is 7.36. The first kappa shape index (κ1) is 18.3. The first-order valence-corrected chi connectivity index (χ1v) is 8.11. The zero-order chi connectivity index (χ0) is 17.7. The highest BCUT2D eigenvalue weighted by Gasteiger charge is 2.18. The summed E-state index contributed by atoms with van der Waals surface area (Å²) in [4.78, 5) is 14.3. The van der Waals surface area contributed by atoms with Crippen molar-refractivity contribution < 1.29 is 4.79 Å². The van der Waals surface area contributed by atoms with Crippen molar-refractivity contribution in [1.82, 2.24) is 4.90 Å². The molecule has 6 heteroatoms. The van der Waals surface area contributed by atoms with E-state index in [0.29, 0.717) is 27.8 Å². The van der Waals surface area contributed by atoms with Crippen LogP contribution in [-0.4, -0.2) is 23.9 Å². The van der Waals surface area contributed by atoms with Gasteiger partial charge in [-0.15, -0.1) is 0 Å². The van der Waals surface area contributed by atoms with Gasteiger partial charge in [-0.25, -0.2) is 0 Å². The molecule has 2 aromatic rings. The summed E-state index contributed by atoms with van der Waals surface area (Å²) in [6, 6.07) is 13.9. The van der Waals surface area contributed by atoms with Crippen LogP contribution in [0.25, 0.3) is 0 Å². The number of nitrogens with one attached hydrogen (secondary N) is 1. The molecule has 0 spiro atoms. The van der Waals surface area contributed by atoms with E-state index in [1.54, 1.807) is 36.4 Å². The van der Waals surface area contributed by atoms with E-state index in [2.05, 4.69) is 5.32 Å².